The first-order valence-corrected chi connectivity index (χ1v) is 8.04. The lowest BCUT2D eigenvalue weighted by molar-refractivity contribution is 0.347. The topological polar surface area (TPSA) is 29.9 Å². The fourth-order valence-electron chi connectivity index (χ4n) is 4.04. The second-order valence-electron chi connectivity index (χ2n) is 6.57. The Bertz CT molecular complexity index is 424. The third-order valence-electron chi connectivity index (χ3n) is 5.06. The van der Waals surface area contributed by atoms with E-state index in [-0.39, 0.29) is 0 Å². The minimum Gasteiger partial charge on any atom is -0.355 e. The van der Waals surface area contributed by atoms with Crippen molar-refractivity contribution in [3.8, 4) is 0 Å². The largest absolute Gasteiger partial charge is 0.355 e. The number of fused-ring (bicyclic) bond motifs is 2. The molecular weight excluding hydrogens is 234 g/mol. The summed E-state index contributed by atoms with van der Waals surface area (Å²) >= 11 is 0. The third-order valence-corrected chi connectivity index (χ3v) is 5.06. The van der Waals surface area contributed by atoms with E-state index in [4.69, 9.17) is 0 Å². The van der Waals surface area contributed by atoms with Gasteiger partial charge in [0.1, 0.15) is 0 Å². The maximum Gasteiger partial charge on any atom is 0.203 e. The van der Waals surface area contributed by atoms with Crippen LogP contribution in [-0.4, -0.2) is 16.1 Å². The number of hydrogen-bond donors (Lipinski definition) is 1. The zero-order valence-corrected chi connectivity index (χ0v) is 12.4. The molecule has 106 valence electrons. The molecule has 0 aliphatic heterocycles. The van der Waals surface area contributed by atoms with Crippen LogP contribution in [0.3, 0.4) is 0 Å². The molecule has 2 bridgehead atoms. The van der Waals surface area contributed by atoms with E-state index in [0.29, 0.717) is 0 Å². The number of unbranched alkanes of at least 4 members (excludes halogenated alkanes) is 1. The molecule has 2 aliphatic rings. The van der Waals surface area contributed by atoms with Gasteiger partial charge >= 0.3 is 0 Å². The van der Waals surface area contributed by atoms with Crippen molar-refractivity contribution in [1.82, 2.24) is 9.55 Å². The van der Waals surface area contributed by atoms with Crippen LogP contribution < -0.4 is 5.32 Å². The van der Waals surface area contributed by atoms with Crippen molar-refractivity contribution < 1.29 is 0 Å². The van der Waals surface area contributed by atoms with Gasteiger partial charge in [-0.1, -0.05) is 19.8 Å². The Morgan fingerprint density at radius 3 is 2.95 bits per heavy atom. The van der Waals surface area contributed by atoms with Gasteiger partial charge in [0.25, 0.3) is 0 Å². The van der Waals surface area contributed by atoms with Gasteiger partial charge in [0.2, 0.25) is 5.95 Å². The number of aryl methyl sites for hydroxylation is 2. The molecule has 0 radical (unpaired) electrons. The van der Waals surface area contributed by atoms with Crippen LogP contribution in [0.5, 0.6) is 0 Å². The van der Waals surface area contributed by atoms with Gasteiger partial charge < -0.3 is 9.88 Å². The summed E-state index contributed by atoms with van der Waals surface area (Å²) in [6.07, 6.45) is 10.6. The van der Waals surface area contributed by atoms with E-state index in [0.717, 1.165) is 42.5 Å². The number of rotatable bonds is 6. The second kappa shape index (κ2) is 5.56. The van der Waals surface area contributed by atoms with Gasteiger partial charge in [0.05, 0.1) is 5.69 Å². The zero-order chi connectivity index (χ0) is 13.2. The van der Waals surface area contributed by atoms with Crippen molar-refractivity contribution in [2.45, 2.75) is 58.9 Å². The van der Waals surface area contributed by atoms with Crippen molar-refractivity contribution in [3.63, 3.8) is 0 Å². The van der Waals surface area contributed by atoms with E-state index in [1.54, 1.807) is 0 Å². The van der Waals surface area contributed by atoms with E-state index in [9.17, 15) is 0 Å². The lowest BCUT2D eigenvalue weighted by Gasteiger charge is -2.22. The molecule has 0 aromatic carbocycles. The van der Waals surface area contributed by atoms with E-state index in [1.807, 2.05) is 0 Å². The second-order valence-corrected chi connectivity index (χ2v) is 6.57. The first-order valence-electron chi connectivity index (χ1n) is 8.04. The number of anilines is 1. The zero-order valence-electron chi connectivity index (χ0n) is 12.4. The predicted molar refractivity (Wildman–Crippen MR) is 79.3 cm³/mol. The van der Waals surface area contributed by atoms with Gasteiger partial charge in [0.15, 0.2) is 0 Å². The highest BCUT2D eigenvalue weighted by Gasteiger charge is 2.39. The lowest BCUT2D eigenvalue weighted by atomic mass is 9.89. The standard InChI is InChI=1S/C16H27N3/c1-3-4-7-19-11-12(2)18-16(19)17-10-15-9-13-5-6-14(15)8-13/h11,13-15H,3-10H2,1-2H3,(H,17,18). The molecule has 2 aliphatic carbocycles. The van der Waals surface area contributed by atoms with Crippen molar-refractivity contribution in [2.24, 2.45) is 17.8 Å². The van der Waals surface area contributed by atoms with Crippen LogP contribution in [-0.2, 0) is 6.54 Å². The minimum atomic E-state index is 0.899. The van der Waals surface area contributed by atoms with Gasteiger partial charge in [-0.05, 0) is 50.4 Å². The third kappa shape index (κ3) is 2.80. The number of hydrogen-bond acceptors (Lipinski definition) is 2. The molecule has 3 heteroatoms. The molecule has 2 fully saturated rings. The number of imidazole rings is 1. The first-order chi connectivity index (χ1) is 9.26. The number of nitrogens with zero attached hydrogens (tertiary/aromatic N) is 2. The lowest BCUT2D eigenvalue weighted by Crippen LogP contribution is -2.21. The summed E-state index contributed by atoms with van der Waals surface area (Å²) in [5.41, 5.74) is 1.13. The SMILES string of the molecule is CCCCn1cc(C)nc1NCC1CC2CCC1C2. The average Bonchev–Trinajstić information content (AvgIpc) is 3.09. The van der Waals surface area contributed by atoms with Gasteiger partial charge in [-0.2, -0.15) is 0 Å². The molecule has 3 atom stereocenters. The molecule has 19 heavy (non-hydrogen) atoms. The van der Waals surface area contributed by atoms with E-state index in [1.165, 1.54) is 38.5 Å². The monoisotopic (exact) mass is 261 g/mol. The maximum atomic E-state index is 4.64. The van der Waals surface area contributed by atoms with Crippen LogP contribution in [0, 0.1) is 24.7 Å². The fourth-order valence-corrected chi connectivity index (χ4v) is 4.04. The molecular formula is C16H27N3. The van der Waals surface area contributed by atoms with Crippen LogP contribution in [0.25, 0.3) is 0 Å². The minimum absolute atomic E-state index is 0.899. The molecule has 3 rings (SSSR count). The quantitative estimate of drug-likeness (QED) is 0.843. The van der Waals surface area contributed by atoms with E-state index < -0.39 is 0 Å². The highest BCUT2D eigenvalue weighted by Crippen LogP contribution is 2.48. The maximum absolute atomic E-state index is 4.64. The van der Waals surface area contributed by atoms with Gasteiger partial charge in [0, 0.05) is 19.3 Å². The van der Waals surface area contributed by atoms with Gasteiger partial charge in [-0.3, -0.25) is 0 Å². The van der Waals surface area contributed by atoms with E-state index in [2.05, 4.69) is 34.9 Å². The summed E-state index contributed by atoms with van der Waals surface area (Å²) in [5.74, 6) is 4.03. The summed E-state index contributed by atoms with van der Waals surface area (Å²) in [7, 11) is 0. The molecule has 0 saturated heterocycles. The Morgan fingerprint density at radius 2 is 2.26 bits per heavy atom. The summed E-state index contributed by atoms with van der Waals surface area (Å²) in [4.78, 5) is 4.64. The molecule has 1 aromatic rings. The summed E-state index contributed by atoms with van der Waals surface area (Å²) < 4.78 is 2.30. The summed E-state index contributed by atoms with van der Waals surface area (Å²) in [5, 5.41) is 3.62. The van der Waals surface area contributed by atoms with Gasteiger partial charge in [-0.15, -0.1) is 0 Å². The number of aromatic nitrogens is 2. The fraction of sp³-hybridized carbons (Fsp3) is 0.812. The smallest absolute Gasteiger partial charge is 0.203 e. The molecule has 3 nitrogen and oxygen atoms in total. The molecule has 1 aromatic heterocycles. The molecule has 0 amide bonds. The molecule has 3 unspecified atom stereocenters. The Labute approximate surface area is 116 Å². The molecule has 1 N–H and O–H groups in total. The van der Waals surface area contributed by atoms with Crippen molar-refractivity contribution in [2.75, 3.05) is 11.9 Å². The van der Waals surface area contributed by atoms with Crippen molar-refractivity contribution in [3.05, 3.63) is 11.9 Å². The first kappa shape index (κ1) is 13.0. The van der Waals surface area contributed by atoms with Crippen LogP contribution >= 0.6 is 0 Å². The van der Waals surface area contributed by atoms with Crippen LogP contribution in [0.2, 0.25) is 0 Å². The Balaban J connectivity index is 1.57. The van der Waals surface area contributed by atoms with E-state index >= 15 is 0 Å². The highest BCUT2D eigenvalue weighted by atomic mass is 15.2. The van der Waals surface area contributed by atoms with Crippen LogP contribution in [0.4, 0.5) is 5.95 Å². The summed E-state index contributed by atoms with van der Waals surface area (Å²) in [6, 6.07) is 0. The Hall–Kier alpha value is -0.990. The normalized spacial score (nSPS) is 29.1. The van der Waals surface area contributed by atoms with Gasteiger partial charge in [-0.25, -0.2) is 4.98 Å². The van der Waals surface area contributed by atoms with Crippen LogP contribution in [0.15, 0.2) is 6.20 Å². The molecule has 0 spiro atoms. The Kier molecular flexibility index (Phi) is 3.81. The van der Waals surface area contributed by atoms with Crippen molar-refractivity contribution >= 4 is 5.95 Å². The predicted octanol–water partition coefficient (Wildman–Crippen LogP) is 3.84. The summed E-state index contributed by atoms with van der Waals surface area (Å²) in [6.45, 7) is 6.55. The highest BCUT2D eigenvalue weighted by molar-refractivity contribution is 5.29. The Morgan fingerprint density at radius 1 is 1.37 bits per heavy atom. The number of nitrogens with one attached hydrogen (secondary N) is 1. The molecule has 2 saturated carbocycles. The average molecular weight is 261 g/mol. The van der Waals surface area contributed by atoms with Crippen molar-refractivity contribution in [1.29, 1.82) is 0 Å². The molecule has 1 heterocycles. The van der Waals surface area contributed by atoms with Crippen LogP contribution in [0.1, 0.15) is 51.1 Å².